The molecule has 0 spiro atoms. The first-order valence-electron chi connectivity index (χ1n) is 6.06. The van der Waals surface area contributed by atoms with Crippen molar-refractivity contribution < 1.29 is 8.78 Å². The molecule has 0 aliphatic carbocycles. The Morgan fingerprint density at radius 2 is 1.53 bits per heavy atom. The van der Waals surface area contributed by atoms with Crippen LogP contribution < -0.4 is 10.6 Å². The van der Waals surface area contributed by atoms with E-state index in [1.54, 1.807) is 4.90 Å². The summed E-state index contributed by atoms with van der Waals surface area (Å²) in [5, 5.41) is 0. The SMILES string of the molecule is CCCN(CCC)c1c(F)cc(CN)cc1F. The molecule has 0 radical (unpaired) electrons. The van der Waals surface area contributed by atoms with E-state index in [4.69, 9.17) is 5.73 Å². The molecule has 0 heterocycles. The van der Waals surface area contributed by atoms with Gasteiger partial charge < -0.3 is 10.6 Å². The van der Waals surface area contributed by atoms with Crippen molar-refractivity contribution in [2.75, 3.05) is 18.0 Å². The van der Waals surface area contributed by atoms with Crippen LogP contribution in [0.2, 0.25) is 0 Å². The lowest BCUT2D eigenvalue weighted by Crippen LogP contribution is -2.27. The summed E-state index contributed by atoms with van der Waals surface area (Å²) in [5.74, 6) is -1.04. The smallest absolute Gasteiger partial charge is 0.149 e. The summed E-state index contributed by atoms with van der Waals surface area (Å²) >= 11 is 0. The topological polar surface area (TPSA) is 29.3 Å². The first-order chi connectivity index (χ1) is 8.13. The van der Waals surface area contributed by atoms with E-state index in [2.05, 4.69) is 0 Å². The molecular formula is C13H20F2N2. The van der Waals surface area contributed by atoms with Crippen LogP contribution >= 0.6 is 0 Å². The predicted octanol–water partition coefficient (Wildman–Crippen LogP) is 3.05. The molecule has 1 aromatic carbocycles. The van der Waals surface area contributed by atoms with E-state index in [-0.39, 0.29) is 12.2 Å². The van der Waals surface area contributed by atoms with Crippen LogP contribution in [-0.4, -0.2) is 13.1 Å². The highest BCUT2D eigenvalue weighted by molar-refractivity contribution is 5.50. The van der Waals surface area contributed by atoms with Crippen molar-refractivity contribution >= 4 is 5.69 Å². The fourth-order valence-electron chi connectivity index (χ4n) is 1.91. The van der Waals surface area contributed by atoms with Crippen molar-refractivity contribution in [1.82, 2.24) is 0 Å². The number of benzene rings is 1. The minimum Gasteiger partial charge on any atom is -0.367 e. The number of nitrogens with two attached hydrogens (primary N) is 1. The standard InChI is InChI=1S/C13H20F2N2/c1-3-5-17(6-4-2)13-11(14)7-10(9-16)8-12(13)15/h7-8H,3-6,9,16H2,1-2H3. The monoisotopic (exact) mass is 242 g/mol. The Balaban J connectivity index is 3.09. The molecule has 1 aromatic rings. The van der Waals surface area contributed by atoms with Crippen LogP contribution in [0.4, 0.5) is 14.5 Å². The van der Waals surface area contributed by atoms with E-state index < -0.39 is 11.6 Å². The van der Waals surface area contributed by atoms with Crippen molar-refractivity contribution in [3.05, 3.63) is 29.3 Å². The highest BCUT2D eigenvalue weighted by Gasteiger charge is 2.16. The Bertz CT molecular complexity index is 337. The van der Waals surface area contributed by atoms with Crippen molar-refractivity contribution in [1.29, 1.82) is 0 Å². The first-order valence-corrected chi connectivity index (χ1v) is 6.06. The van der Waals surface area contributed by atoms with E-state index in [0.717, 1.165) is 12.8 Å². The number of nitrogens with zero attached hydrogens (tertiary/aromatic N) is 1. The number of hydrogen-bond donors (Lipinski definition) is 1. The van der Waals surface area contributed by atoms with Crippen molar-refractivity contribution in [2.45, 2.75) is 33.2 Å². The quantitative estimate of drug-likeness (QED) is 0.830. The number of anilines is 1. The van der Waals surface area contributed by atoms with Gasteiger partial charge in [0.2, 0.25) is 0 Å². The second-order valence-electron chi connectivity index (χ2n) is 4.10. The van der Waals surface area contributed by atoms with E-state index in [1.807, 2.05) is 13.8 Å². The molecule has 17 heavy (non-hydrogen) atoms. The minimum absolute atomic E-state index is 0.0749. The minimum atomic E-state index is -0.521. The second kappa shape index (κ2) is 6.55. The second-order valence-corrected chi connectivity index (χ2v) is 4.10. The molecule has 0 saturated carbocycles. The molecule has 0 aliphatic rings. The summed E-state index contributed by atoms with van der Waals surface area (Å²) in [6, 6.07) is 2.63. The number of hydrogen-bond acceptors (Lipinski definition) is 2. The summed E-state index contributed by atoms with van der Waals surface area (Å²) in [7, 11) is 0. The van der Waals surface area contributed by atoms with Crippen LogP contribution in [0, 0.1) is 11.6 Å². The van der Waals surface area contributed by atoms with Crippen LogP contribution in [0.25, 0.3) is 0 Å². The highest BCUT2D eigenvalue weighted by Crippen LogP contribution is 2.25. The van der Waals surface area contributed by atoms with Gasteiger partial charge in [0.25, 0.3) is 0 Å². The van der Waals surface area contributed by atoms with Gasteiger partial charge in [0.1, 0.15) is 17.3 Å². The van der Waals surface area contributed by atoms with E-state index in [0.29, 0.717) is 18.7 Å². The maximum Gasteiger partial charge on any atom is 0.149 e. The molecular weight excluding hydrogens is 222 g/mol. The zero-order valence-corrected chi connectivity index (χ0v) is 10.5. The van der Waals surface area contributed by atoms with Crippen LogP contribution in [0.3, 0.4) is 0 Å². The van der Waals surface area contributed by atoms with Gasteiger partial charge in [0.05, 0.1) is 0 Å². The molecule has 2 N–H and O–H groups in total. The predicted molar refractivity (Wildman–Crippen MR) is 67.0 cm³/mol. The number of halogens is 2. The molecule has 1 rings (SSSR count). The number of rotatable bonds is 6. The van der Waals surface area contributed by atoms with Gasteiger partial charge in [-0.05, 0) is 30.5 Å². The zero-order chi connectivity index (χ0) is 12.8. The summed E-state index contributed by atoms with van der Waals surface area (Å²) in [6.07, 6.45) is 1.72. The summed E-state index contributed by atoms with van der Waals surface area (Å²) in [5.41, 5.74) is 5.94. The largest absolute Gasteiger partial charge is 0.367 e. The van der Waals surface area contributed by atoms with Gasteiger partial charge in [0.15, 0.2) is 0 Å². The van der Waals surface area contributed by atoms with Crippen LogP contribution in [0.1, 0.15) is 32.3 Å². The lowest BCUT2D eigenvalue weighted by molar-refractivity contribution is 0.564. The van der Waals surface area contributed by atoms with E-state index in [1.165, 1.54) is 12.1 Å². The molecule has 0 bridgehead atoms. The van der Waals surface area contributed by atoms with Gasteiger partial charge in [-0.25, -0.2) is 8.78 Å². The van der Waals surface area contributed by atoms with Gasteiger partial charge in [-0.3, -0.25) is 0 Å². The third kappa shape index (κ3) is 3.40. The average molecular weight is 242 g/mol. The van der Waals surface area contributed by atoms with Crippen molar-refractivity contribution in [2.24, 2.45) is 5.73 Å². The van der Waals surface area contributed by atoms with E-state index >= 15 is 0 Å². The molecule has 0 aliphatic heterocycles. The van der Waals surface area contributed by atoms with Gasteiger partial charge in [-0.2, -0.15) is 0 Å². The van der Waals surface area contributed by atoms with Gasteiger partial charge in [-0.1, -0.05) is 13.8 Å². The Labute approximate surface area is 101 Å². The molecule has 0 amide bonds. The first kappa shape index (κ1) is 13.9. The summed E-state index contributed by atoms with van der Waals surface area (Å²) < 4.78 is 27.7. The average Bonchev–Trinajstić information content (AvgIpc) is 2.28. The van der Waals surface area contributed by atoms with Crippen LogP contribution in [0.15, 0.2) is 12.1 Å². The Kier molecular flexibility index (Phi) is 5.35. The summed E-state index contributed by atoms with van der Waals surface area (Å²) in [6.45, 7) is 5.45. The lowest BCUT2D eigenvalue weighted by atomic mass is 10.1. The third-order valence-corrected chi connectivity index (χ3v) is 2.62. The van der Waals surface area contributed by atoms with Crippen LogP contribution in [0.5, 0.6) is 0 Å². The zero-order valence-electron chi connectivity index (χ0n) is 10.5. The maximum atomic E-state index is 13.9. The van der Waals surface area contributed by atoms with Gasteiger partial charge in [0, 0.05) is 19.6 Å². The molecule has 0 fully saturated rings. The molecule has 2 nitrogen and oxygen atoms in total. The molecule has 96 valence electrons. The van der Waals surface area contributed by atoms with E-state index in [9.17, 15) is 8.78 Å². The Morgan fingerprint density at radius 3 is 1.88 bits per heavy atom. The molecule has 0 unspecified atom stereocenters. The fourth-order valence-corrected chi connectivity index (χ4v) is 1.91. The molecule has 0 aromatic heterocycles. The van der Waals surface area contributed by atoms with Crippen LogP contribution in [-0.2, 0) is 6.54 Å². The Hall–Kier alpha value is -1.16. The molecule has 0 saturated heterocycles. The maximum absolute atomic E-state index is 13.9. The third-order valence-electron chi connectivity index (χ3n) is 2.62. The lowest BCUT2D eigenvalue weighted by Gasteiger charge is -2.25. The van der Waals surface area contributed by atoms with Gasteiger partial charge in [-0.15, -0.1) is 0 Å². The van der Waals surface area contributed by atoms with Gasteiger partial charge >= 0.3 is 0 Å². The van der Waals surface area contributed by atoms with Crippen molar-refractivity contribution in [3.63, 3.8) is 0 Å². The molecule has 4 heteroatoms. The Morgan fingerprint density at radius 1 is 1.06 bits per heavy atom. The highest BCUT2D eigenvalue weighted by atomic mass is 19.1. The van der Waals surface area contributed by atoms with Crippen molar-refractivity contribution in [3.8, 4) is 0 Å². The fraction of sp³-hybridized carbons (Fsp3) is 0.538. The normalized spacial score (nSPS) is 10.6. The summed E-state index contributed by atoms with van der Waals surface area (Å²) in [4.78, 5) is 1.75. The molecule has 0 atom stereocenters.